The van der Waals surface area contributed by atoms with Crippen molar-refractivity contribution in [3.05, 3.63) is 0 Å². The maximum atomic E-state index is 10.5. The van der Waals surface area contributed by atoms with E-state index in [0.717, 1.165) is 25.0 Å². The molecule has 0 aliphatic carbocycles. The zero-order chi connectivity index (χ0) is 21.6. The number of aliphatic hydroxyl groups is 6. The molecule has 2 heterocycles. The molecule has 2 aliphatic heterocycles. The average Bonchev–Trinajstić information content (AvgIpc) is 2.72. The SMILES string of the molecule is OCC1O[C@@H](OCCCCCS)[C@@H](O)C(O)[C@@H]1O[C@@H]1OC(CS)[C@H](O)C(O)[C@@H]1O. The van der Waals surface area contributed by atoms with E-state index in [-0.39, 0.29) is 5.75 Å². The van der Waals surface area contributed by atoms with Crippen LogP contribution in [0.2, 0.25) is 0 Å². The number of unbranched alkanes of at least 4 members (excludes halogenated alkanes) is 2. The number of rotatable bonds is 10. The van der Waals surface area contributed by atoms with Crippen LogP contribution in [0.3, 0.4) is 0 Å². The predicted molar refractivity (Wildman–Crippen MR) is 107 cm³/mol. The molecule has 29 heavy (non-hydrogen) atoms. The fraction of sp³-hybridized carbons (Fsp3) is 1.00. The molecule has 10 atom stereocenters. The molecule has 0 aromatic rings. The van der Waals surface area contributed by atoms with Crippen LogP contribution in [0.4, 0.5) is 0 Å². The Morgan fingerprint density at radius 1 is 0.724 bits per heavy atom. The van der Waals surface area contributed by atoms with Crippen LogP contribution in [0, 0.1) is 0 Å². The lowest BCUT2D eigenvalue weighted by atomic mass is 9.97. The van der Waals surface area contributed by atoms with Crippen molar-refractivity contribution in [2.45, 2.75) is 80.7 Å². The maximum Gasteiger partial charge on any atom is 0.187 e. The third-order valence-corrected chi connectivity index (χ3v) is 5.72. The minimum Gasteiger partial charge on any atom is -0.394 e. The third kappa shape index (κ3) is 6.40. The molecule has 0 amide bonds. The Labute approximate surface area is 180 Å². The monoisotopic (exact) mass is 460 g/mol. The summed E-state index contributed by atoms with van der Waals surface area (Å²) in [5.74, 6) is 0.811. The Morgan fingerprint density at radius 2 is 1.38 bits per heavy atom. The smallest absolute Gasteiger partial charge is 0.187 e. The summed E-state index contributed by atoms with van der Waals surface area (Å²) < 4.78 is 22.0. The topological polar surface area (TPSA) is 158 Å². The lowest BCUT2D eigenvalue weighted by Gasteiger charge is -2.46. The number of hydrogen-bond donors (Lipinski definition) is 8. The third-order valence-electron chi connectivity index (χ3n) is 5.04. The number of thiol groups is 2. The molecule has 0 aromatic carbocycles. The summed E-state index contributed by atoms with van der Waals surface area (Å²) >= 11 is 8.15. The first-order valence-electron chi connectivity index (χ1n) is 9.66. The Kier molecular flexibility index (Phi) is 10.9. The molecule has 12 heteroatoms. The largest absolute Gasteiger partial charge is 0.394 e. The van der Waals surface area contributed by atoms with Crippen molar-refractivity contribution in [1.29, 1.82) is 0 Å². The van der Waals surface area contributed by atoms with Gasteiger partial charge in [-0.05, 0) is 18.6 Å². The molecule has 2 fully saturated rings. The zero-order valence-electron chi connectivity index (χ0n) is 15.9. The number of aliphatic hydroxyl groups excluding tert-OH is 6. The van der Waals surface area contributed by atoms with Crippen molar-refractivity contribution >= 4 is 25.3 Å². The molecular formula is C17H32O10S2. The van der Waals surface area contributed by atoms with Crippen LogP contribution >= 0.6 is 25.3 Å². The van der Waals surface area contributed by atoms with Crippen LogP contribution in [-0.4, -0.2) is 117 Å². The Bertz CT molecular complexity index is 471. The van der Waals surface area contributed by atoms with Crippen LogP contribution in [0.25, 0.3) is 0 Å². The van der Waals surface area contributed by atoms with Gasteiger partial charge < -0.3 is 49.6 Å². The molecule has 2 saturated heterocycles. The van der Waals surface area contributed by atoms with Gasteiger partial charge in [-0.1, -0.05) is 6.42 Å². The fourth-order valence-electron chi connectivity index (χ4n) is 3.28. The molecular weight excluding hydrogens is 428 g/mol. The van der Waals surface area contributed by atoms with Gasteiger partial charge in [0.05, 0.1) is 12.7 Å². The summed E-state index contributed by atoms with van der Waals surface area (Å²) in [7, 11) is 0. The van der Waals surface area contributed by atoms with Crippen molar-refractivity contribution in [2.24, 2.45) is 0 Å². The Morgan fingerprint density at radius 3 is 2.00 bits per heavy atom. The van der Waals surface area contributed by atoms with Crippen LogP contribution in [0.15, 0.2) is 0 Å². The maximum absolute atomic E-state index is 10.5. The molecule has 172 valence electrons. The highest BCUT2D eigenvalue weighted by Crippen LogP contribution is 2.29. The van der Waals surface area contributed by atoms with Gasteiger partial charge in [-0.15, -0.1) is 0 Å². The van der Waals surface area contributed by atoms with Gasteiger partial charge in [-0.2, -0.15) is 25.3 Å². The summed E-state index contributed by atoms with van der Waals surface area (Å²) in [6.07, 6.45) is -10.9. The van der Waals surface area contributed by atoms with E-state index in [9.17, 15) is 30.6 Å². The molecule has 0 saturated carbocycles. The first-order chi connectivity index (χ1) is 13.8. The van der Waals surface area contributed by atoms with Gasteiger partial charge in [0.2, 0.25) is 0 Å². The second-order valence-corrected chi connectivity index (χ2v) is 7.97. The average molecular weight is 461 g/mol. The van der Waals surface area contributed by atoms with E-state index >= 15 is 0 Å². The second-order valence-electron chi connectivity index (χ2n) is 7.16. The minimum atomic E-state index is -1.62. The fourth-order valence-corrected chi connectivity index (χ4v) is 3.81. The van der Waals surface area contributed by atoms with Gasteiger partial charge in [0, 0.05) is 12.4 Å². The number of ether oxygens (including phenoxy) is 4. The summed E-state index contributed by atoms with van der Waals surface area (Å²) in [6.45, 7) is -0.262. The predicted octanol–water partition coefficient (Wildman–Crippen LogP) is -2.34. The molecule has 0 spiro atoms. The standard InChI is InChI=1S/C17H32O10S2/c18-6-8-15(27-17-13(22)11(20)10(19)9(7-29)26-17)12(21)14(23)16(25-8)24-4-2-1-3-5-28/h8-23,28-29H,1-7H2/t8?,9?,10-,11?,12?,13-,14-,15+,16+,17-/m0/s1. The van der Waals surface area contributed by atoms with Crippen LogP contribution in [-0.2, 0) is 18.9 Å². The van der Waals surface area contributed by atoms with Crippen LogP contribution < -0.4 is 0 Å². The van der Waals surface area contributed by atoms with Gasteiger partial charge in [-0.25, -0.2) is 0 Å². The first-order valence-corrected chi connectivity index (χ1v) is 10.9. The first kappa shape index (κ1) is 25.6. The van der Waals surface area contributed by atoms with E-state index in [2.05, 4.69) is 25.3 Å². The van der Waals surface area contributed by atoms with E-state index < -0.39 is 68.0 Å². The highest BCUT2D eigenvalue weighted by atomic mass is 32.1. The lowest BCUT2D eigenvalue weighted by molar-refractivity contribution is -0.356. The summed E-state index contributed by atoms with van der Waals surface area (Å²) in [4.78, 5) is 0. The van der Waals surface area contributed by atoms with Crippen molar-refractivity contribution < 1.29 is 49.6 Å². The van der Waals surface area contributed by atoms with Crippen molar-refractivity contribution in [3.8, 4) is 0 Å². The summed E-state index contributed by atoms with van der Waals surface area (Å²) in [6, 6.07) is 0. The van der Waals surface area contributed by atoms with Crippen molar-refractivity contribution in [1.82, 2.24) is 0 Å². The van der Waals surface area contributed by atoms with Gasteiger partial charge in [0.1, 0.15) is 42.7 Å². The summed E-state index contributed by atoms with van der Waals surface area (Å²) in [5.41, 5.74) is 0. The molecule has 2 rings (SSSR count). The Hall–Kier alpha value is 0.300. The van der Waals surface area contributed by atoms with Crippen molar-refractivity contribution in [2.75, 3.05) is 24.7 Å². The molecule has 4 unspecified atom stereocenters. The Balaban J connectivity index is 1.98. The van der Waals surface area contributed by atoms with E-state index in [1.165, 1.54) is 0 Å². The molecule has 0 bridgehead atoms. The van der Waals surface area contributed by atoms with Gasteiger partial charge in [0.25, 0.3) is 0 Å². The second kappa shape index (κ2) is 12.4. The molecule has 10 nitrogen and oxygen atoms in total. The zero-order valence-corrected chi connectivity index (χ0v) is 17.7. The molecule has 0 aromatic heterocycles. The summed E-state index contributed by atoms with van der Waals surface area (Å²) in [5, 5.41) is 60.5. The van der Waals surface area contributed by atoms with E-state index in [1.54, 1.807) is 0 Å². The highest BCUT2D eigenvalue weighted by Gasteiger charge is 2.50. The normalized spacial score (nSPS) is 43.4. The van der Waals surface area contributed by atoms with Gasteiger partial charge >= 0.3 is 0 Å². The van der Waals surface area contributed by atoms with Gasteiger partial charge in [0.15, 0.2) is 12.6 Å². The van der Waals surface area contributed by atoms with Crippen LogP contribution in [0.5, 0.6) is 0 Å². The van der Waals surface area contributed by atoms with Crippen molar-refractivity contribution in [3.63, 3.8) is 0 Å². The lowest BCUT2D eigenvalue weighted by Crippen LogP contribution is -2.64. The van der Waals surface area contributed by atoms with Crippen LogP contribution in [0.1, 0.15) is 19.3 Å². The quantitative estimate of drug-likeness (QED) is 0.131. The minimum absolute atomic E-state index is 0.0454. The van der Waals surface area contributed by atoms with E-state index in [0.29, 0.717) is 6.61 Å². The van der Waals surface area contributed by atoms with E-state index in [4.69, 9.17) is 18.9 Å². The number of hydrogen-bond acceptors (Lipinski definition) is 12. The molecule has 6 N–H and O–H groups in total. The highest BCUT2D eigenvalue weighted by molar-refractivity contribution is 7.80. The van der Waals surface area contributed by atoms with Gasteiger partial charge in [-0.3, -0.25) is 0 Å². The van der Waals surface area contributed by atoms with E-state index in [1.807, 2.05) is 0 Å². The molecule has 0 radical (unpaired) electrons. The molecule has 2 aliphatic rings.